The van der Waals surface area contributed by atoms with Crippen LogP contribution < -0.4 is 11.1 Å². The number of amides is 1. The predicted octanol–water partition coefficient (Wildman–Crippen LogP) is 3.16. The highest BCUT2D eigenvalue weighted by atomic mass is 16.7. The monoisotopic (exact) mass is 1300 g/mol. The van der Waals surface area contributed by atoms with Gasteiger partial charge in [-0.3, -0.25) is 19.2 Å². The second-order valence-electron chi connectivity index (χ2n) is 24.0. The van der Waals surface area contributed by atoms with Crippen LogP contribution in [0.1, 0.15) is 130 Å². The van der Waals surface area contributed by atoms with Crippen molar-refractivity contribution in [2.75, 3.05) is 6.54 Å². The van der Waals surface area contributed by atoms with Gasteiger partial charge in [0, 0.05) is 55.9 Å². The minimum absolute atomic E-state index is 0.0204. The number of aliphatic hydroxyl groups is 14. The van der Waals surface area contributed by atoms with Crippen molar-refractivity contribution in [1.82, 2.24) is 5.32 Å². The fourth-order valence-electron chi connectivity index (χ4n) is 10.1. The molecule has 0 bridgehead atoms. The van der Waals surface area contributed by atoms with Gasteiger partial charge in [-0.05, 0) is 84.1 Å². The van der Waals surface area contributed by atoms with Crippen LogP contribution in [0.3, 0.4) is 0 Å². The number of Topliss-reactive ketones (excluding diaryl/α,β-unsaturated/α-hetero) is 3. The Kier molecular flexibility index (Phi) is 42.8. The van der Waals surface area contributed by atoms with E-state index in [1.54, 1.807) is 98.9 Å². The van der Waals surface area contributed by atoms with Crippen molar-refractivity contribution < 1.29 is 100 Å². The molecule has 1 heterocycles. The predicted molar refractivity (Wildman–Crippen MR) is 350 cm³/mol. The molecule has 0 radical (unpaired) electrons. The topological polar surface area (TPSA) is 408 Å². The van der Waals surface area contributed by atoms with Gasteiger partial charge in [0.2, 0.25) is 5.91 Å². The molecule has 22 heteroatoms. The zero-order valence-electron chi connectivity index (χ0n) is 53.8. The number of carbonyl (C=O) groups is 4. The van der Waals surface area contributed by atoms with Gasteiger partial charge >= 0.3 is 0 Å². The number of hydrogen-bond acceptors (Lipinski definition) is 21. The number of ketones is 3. The molecule has 20 atom stereocenters. The Balaban J connectivity index is 1.81. The molecule has 518 valence electrons. The summed E-state index contributed by atoms with van der Waals surface area (Å²) in [4.78, 5) is 48.8. The molecule has 20 unspecified atom stereocenters. The van der Waals surface area contributed by atoms with Crippen LogP contribution in [0.5, 0.6) is 0 Å². The van der Waals surface area contributed by atoms with Crippen molar-refractivity contribution >= 4 is 23.3 Å². The number of carbonyl (C=O) groups excluding carboxylic acids is 4. The summed E-state index contributed by atoms with van der Waals surface area (Å²) in [5.74, 6) is -3.06. The number of nitrogens with one attached hydrogen (secondary N) is 1. The summed E-state index contributed by atoms with van der Waals surface area (Å²) in [5, 5.41) is 149. The molecule has 17 N–H and O–H groups in total. The van der Waals surface area contributed by atoms with Crippen LogP contribution in [0.15, 0.2) is 146 Å². The van der Waals surface area contributed by atoms with E-state index in [9.17, 15) is 90.7 Å². The summed E-state index contributed by atoms with van der Waals surface area (Å²) in [6.45, 7) is 7.15. The Hall–Kier alpha value is -5.32. The first kappa shape index (κ1) is 82.8. The molecular formula is C70H108N2O20. The highest BCUT2D eigenvalue weighted by Gasteiger charge is 2.44. The number of unbranched alkanes of at least 4 members (excludes halogenated alkanes) is 1. The molecule has 1 aliphatic heterocycles. The zero-order valence-corrected chi connectivity index (χ0v) is 53.8. The van der Waals surface area contributed by atoms with Gasteiger partial charge in [0.25, 0.3) is 0 Å². The van der Waals surface area contributed by atoms with Gasteiger partial charge in [0.15, 0.2) is 17.9 Å². The van der Waals surface area contributed by atoms with Gasteiger partial charge < -0.3 is 92.0 Å². The second-order valence-corrected chi connectivity index (χ2v) is 24.0. The van der Waals surface area contributed by atoms with Gasteiger partial charge in [0.05, 0.1) is 79.4 Å². The van der Waals surface area contributed by atoms with Gasteiger partial charge in [-0.15, -0.1) is 0 Å². The largest absolute Gasteiger partial charge is 0.393 e. The molecule has 92 heavy (non-hydrogen) atoms. The van der Waals surface area contributed by atoms with Crippen LogP contribution in [0.2, 0.25) is 0 Å². The molecule has 22 nitrogen and oxygen atoms in total. The Labute approximate surface area is 543 Å². The Bertz CT molecular complexity index is 2470. The van der Waals surface area contributed by atoms with Gasteiger partial charge in [0.1, 0.15) is 30.1 Å². The molecule has 1 aliphatic carbocycles. The first-order valence-electron chi connectivity index (χ1n) is 32.2. The fourth-order valence-corrected chi connectivity index (χ4v) is 10.1. The Morgan fingerprint density at radius 1 is 0.554 bits per heavy atom. The summed E-state index contributed by atoms with van der Waals surface area (Å²) >= 11 is 0. The maximum absolute atomic E-state index is 13.6. The molecule has 1 saturated heterocycles. The van der Waals surface area contributed by atoms with Crippen molar-refractivity contribution in [1.29, 1.82) is 0 Å². The van der Waals surface area contributed by atoms with Crippen LogP contribution in [0.4, 0.5) is 0 Å². The number of allylic oxidation sites excluding steroid dienone is 16. The van der Waals surface area contributed by atoms with E-state index in [1.165, 1.54) is 37.3 Å². The van der Waals surface area contributed by atoms with Crippen LogP contribution in [0, 0.1) is 17.8 Å². The number of rotatable bonds is 46. The van der Waals surface area contributed by atoms with E-state index in [0.717, 1.165) is 12.8 Å². The number of hydrogen-bond donors (Lipinski definition) is 16. The maximum Gasteiger partial charge on any atom is 0.244 e. The van der Waals surface area contributed by atoms with E-state index in [-0.39, 0.29) is 88.1 Å². The SMILES string of the molecule is CC(C=CCC/C=C/C=C/C=CC=CC(=O)NC1C(=O)CCC1=O)C(O)C(C)C(O)C=CC=CC=CC=CC=CCC(OC1OC(C)C(O)C(O)C1O)C(C)C(=O)CC(O)CC(O)CC(O)C=CCC(O)CC(O)CC(O)CC(O)C=CCC(O)CC(O)CCCN. The first-order chi connectivity index (χ1) is 43.7. The molecule has 0 spiro atoms. The van der Waals surface area contributed by atoms with Crippen molar-refractivity contribution in [2.45, 2.75) is 240 Å². The van der Waals surface area contributed by atoms with Crippen molar-refractivity contribution in [3.05, 3.63) is 146 Å². The van der Waals surface area contributed by atoms with Crippen LogP contribution >= 0.6 is 0 Å². The third-order valence-corrected chi connectivity index (χ3v) is 15.7. The lowest BCUT2D eigenvalue weighted by atomic mass is 9.88. The molecule has 2 fully saturated rings. The second kappa shape index (κ2) is 47.5. The smallest absolute Gasteiger partial charge is 0.244 e. The minimum Gasteiger partial charge on any atom is -0.393 e. The van der Waals surface area contributed by atoms with E-state index in [1.807, 2.05) is 37.3 Å². The zero-order chi connectivity index (χ0) is 68.5. The highest BCUT2D eigenvalue weighted by molar-refractivity contribution is 6.14. The van der Waals surface area contributed by atoms with Crippen molar-refractivity contribution in [3.63, 3.8) is 0 Å². The van der Waals surface area contributed by atoms with Crippen LogP contribution in [-0.4, -0.2) is 211 Å². The molecule has 2 aliphatic rings. The van der Waals surface area contributed by atoms with E-state index >= 15 is 0 Å². The third kappa shape index (κ3) is 35.8. The summed E-state index contributed by atoms with van der Waals surface area (Å²) in [5.41, 5.74) is 5.44. The summed E-state index contributed by atoms with van der Waals surface area (Å²) in [6, 6.07) is -1.04. The third-order valence-electron chi connectivity index (χ3n) is 15.7. The van der Waals surface area contributed by atoms with Crippen LogP contribution in [-0.2, 0) is 28.7 Å². The number of nitrogens with two attached hydrogens (primary N) is 1. The van der Waals surface area contributed by atoms with E-state index in [4.69, 9.17) is 15.2 Å². The summed E-state index contributed by atoms with van der Waals surface area (Å²) in [7, 11) is 0. The van der Waals surface area contributed by atoms with E-state index in [0.29, 0.717) is 19.4 Å². The Morgan fingerprint density at radius 2 is 1.04 bits per heavy atom. The quantitative estimate of drug-likeness (QED) is 0.0137. The average Bonchev–Trinajstić information content (AvgIpc) is 1.04. The molecule has 2 rings (SSSR count). The lowest BCUT2D eigenvalue weighted by Gasteiger charge is -2.41. The van der Waals surface area contributed by atoms with Crippen LogP contribution in [0.25, 0.3) is 0 Å². The highest BCUT2D eigenvalue weighted by Crippen LogP contribution is 2.27. The molecule has 1 amide bonds. The Morgan fingerprint density at radius 3 is 1.62 bits per heavy atom. The maximum atomic E-state index is 13.6. The summed E-state index contributed by atoms with van der Waals surface area (Å²) < 4.78 is 11.7. The molecule has 0 aromatic heterocycles. The minimum atomic E-state index is -1.65. The van der Waals surface area contributed by atoms with Crippen molar-refractivity contribution in [3.8, 4) is 0 Å². The summed E-state index contributed by atoms with van der Waals surface area (Å²) in [6.07, 6.45) is 23.6. The van der Waals surface area contributed by atoms with Gasteiger partial charge in [-0.2, -0.15) is 0 Å². The van der Waals surface area contributed by atoms with Crippen molar-refractivity contribution in [2.24, 2.45) is 23.5 Å². The first-order valence-corrected chi connectivity index (χ1v) is 32.2. The van der Waals surface area contributed by atoms with E-state index in [2.05, 4.69) is 5.32 Å². The number of aliphatic hydroxyl groups excluding tert-OH is 14. The van der Waals surface area contributed by atoms with Gasteiger partial charge in [-0.1, -0.05) is 161 Å². The molecule has 0 aromatic carbocycles. The molecular weight excluding hydrogens is 1190 g/mol. The average molecular weight is 1300 g/mol. The fraction of sp³-hybridized carbons (Fsp3) is 0.600. The standard InChI is InChI=1S/C70H108N2O20/c1-46(27-20-16-12-8-5-6-11-15-19-23-35-64(86)72-65-60(83)36-37-61(65)84)66(87)48(3)59(82)33-21-17-13-9-7-10-14-18-22-34-63(92-70-69(90)68(89)67(88)49(4)91-70)47(2)62(85)45-58(81)44-57(80)42-53(76)31-25-30-52(75)41-56(79)43-55(78)40-51(74)29-24-28-50(73)39-54(77)32-26-38-71/h5-11,13-15,17-25,27,29,31,33,35,46-59,63,65-70,73-82,87-90H,12,16,26,28,30,32,34,36-45,71H2,1-4H3,(H,72,86)/b8-5+,9-7?,11-6+,14-10?,17-13?,19-15?,22-18?,27-20?,29-24?,31-25?,33-21?,35-23?. The lowest BCUT2D eigenvalue weighted by Crippen LogP contribution is -2.58. The normalized spacial score (nSPS) is 24.3. The number of ether oxygens (including phenoxy) is 2. The molecule has 1 saturated carbocycles. The lowest BCUT2D eigenvalue weighted by molar-refractivity contribution is -0.306. The molecule has 0 aromatic rings. The van der Waals surface area contributed by atoms with E-state index < -0.39 is 140 Å². The van der Waals surface area contributed by atoms with Gasteiger partial charge in [-0.25, -0.2) is 0 Å².